The van der Waals surface area contributed by atoms with Gasteiger partial charge in [0.05, 0.1) is 24.1 Å². The summed E-state index contributed by atoms with van der Waals surface area (Å²) < 4.78 is 31.8. The van der Waals surface area contributed by atoms with Crippen molar-refractivity contribution in [1.29, 1.82) is 0 Å². The maximum atomic E-state index is 12.8. The van der Waals surface area contributed by atoms with E-state index in [9.17, 15) is 18.0 Å². The van der Waals surface area contributed by atoms with Crippen LogP contribution in [0.1, 0.15) is 38.1 Å². The standard InChI is InChI=1S/C16H23BrN2O5S/c1-6-19(10-14(20)18-16(2,3)4)25(22,23)11-7-8-13(17)12(9-11)15(21)24-5/h7-9H,6,10H2,1-5H3,(H,18,20). The first-order valence-corrected chi connectivity index (χ1v) is 9.84. The van der Waals surface area contributed by atoms with E-state index in [1.54, 1.807) is 6.92 Å². The minimum absolute atomic E-state index is 0.0819. The van der Waals surface area contributed by atoms with Crippen LogP contribution in [0.5, 0.6) is 0 Å². The van der Waals surface area contributed by atoms with Crippen LogP contribution >= 0.6 is 15.9 Å². The molecule has 9 heteroatoms. The van der Waals surface area contributed by atoms with Crippen molar-refractivity contribution in [2.45, 2.75) is 38.1 Å². The third-order valence-corrected chi connectivity index (χ3v) is 5.78. The second kappa shape index (κ2) is 8.29. The van der Waals surface area contributed by atoms with E-state index in [0.717, 1.165) is 4.31 Å². The van der Waals surface area contributed by atoms with Gasteiger partial charge in [0.25, 0.3) is 0 Å². The molecule has 25 heavy (non-hydrogen) atoms. The van der Waals surface area contributed by atoms with Crippen molar-refractivity contribution in [3.05, 3.63) is 28.2 Å². The van der Waals surface area contributed by atoms with Gasteiger partial charge in [-0.2, -0.15) is 4.31 Å². The van der Waals surface area contributed by atoms with E-state index in [-0.39, 0.29) is 23.5 Å². The highest BCUT2D eigenvalue weighted by Gasteiger charge is 2.28. The minimum atomic E-state index is -3.94. The number of rotatable bonds is 6. The number of methoxy groups -OCH3 is 1. The van der Waals surface area contributed by atoms with E-state index < -0.39 is 27.4 Å². The SMILES string of the molecule is CCN(CC(=O)NC(C)(C)C)S(=O)(=O)c1ccc(Br)c(C(=O)OC)c1. The molecule has 1 rings (SSSR count). The number of benzene rings is 1. The number of carbonyl (C=O) groups is 2. The maximum absolute atomic E-state index is 12.8. The van der Waals surface area contributed by atoms with Crippen molar-refractivity contribution in [2.24, 2.45) is 0 Å². The smallest absolute Gasteiger partial charge is 0.339 e. The van der Waals surface area contributed by atoms with Crippen LogP contribution in [0.15, 0.2) is 27.6 Å². The number of halogens is 1. The number of likely N-dealkylation sites (N-methyl/N-ethyl adjacent to an activating group) is 1. The average molecular weight is 435 g/mol. The van der Waals surface area contributed by atoms with Gasteiger partial charge in [0.15, 0.2) is 0 Å². The van der Waals surface area contributed by atoms with Gasteiger partial charge >= 0.3 is 5.97 Å². The Morgan fingerprint density at radius 2 is 1.88 bits per heavy atom. The number of esters is 1. The van der Waals surface area contributed by atoms with Gasteiger partial charge in [-0.15, -0.1) is 0 Å². The summed E-state index contributed by atoms with van der Waals surface area (Å²) >= 11 is 3.19. The molecule has 0 aliphatic heterocycles. The number of hydrogen-bond acceptors (Lipinski definition) is 5. The van der Waals surface area contributed by atoms with Crippen molar-refractivity contribution in [1.82, 2.24) is 9.62 Å². The van der Waals surface area contributed by atoms with E-state index in [0.29, 0.717) is 4.47 Å². The Morgan fingerprint density at radius 3 is 2.36 bits per heavy atom. The normalized spacial score (nSPS) is 12.1. The summed E-state index contributed by atoms with van der Waals surface area (Å²) in [7, 11) is -2.73. The predicted molar refractivity (Wildman–Crippen MR) is 97.8 cm³/mol. The zero-order valence-corrected chi connectivity index (χ0v) is 17.3. The molecular weight excluding hydrogens is 412 g/mol. The van der Waals surface area contributed by atoms with Gasteiger partial charge in [0.2, 0.25) is 15.9 Å². The van der Waals surface area contributed by atoms with Crippen LogP contribution in [0.2, 0.25) is 0 Å². The lowest BCUT2D eigenvalue weighted by atomic mass is 10.1. The molecule has 140 valence electrons. The molecule has 0 aliphatic carbocycles. The third-order valence-electron chi connectivity index (χ3n) is 3.17. The molecule has 1 aromatic rings. The van der Waals surface area contributed by atoms with E-state index in [2.05, 4.69) is 26.0 Å². The fourth-order valence-corrected chi connectivity index (χ4v) is 3.91. The number of nitrogens with one attached hydrogen (secondary N) is 1. The van der Waals surface area contributed by atoms with Crippen molar-refractivity contribution >= 4 is 37.8 Å². The lowest BCUT2D eigenvalue weighted by Gasteiger charge is -2.24. The second-order valence-corrected chi connectivity index (χ2v) is 9.15. The lowest BCUT2D eigenvalue weighted by Crippen LogP contribution is -2.47. The van der Waals surface area contributed by atoms with Gasteiger partial charge in [-0.1, -0.05) is 6.92 Å². The van der Waals surface area contributed by atoms with Crippen LogP contribution < -0.4 is 5.32 Å². The molecule has 0 unspecified atom stereocenters. The van der Waals surface area contributed by atoms with Crippen molar-refractivity contribution in [3.8, 4) is 0 Å². The zero-order valence-electron chi connectivity index (χ0n) is 14.9. The topological polar surface area (TPSA) is 92.8 Å². The van der Waals surface area contributed by atoms with Crippen LogP contribution in [0.4, 0.5) is 0 Å². The largest absolute Gasteiger partial charge is 0.465 e. The monoisotopic (exact) mass is 434 g/mol. The number of carbonyl (C=O) groups excluding carboxylic acids is 2. The first-order valence-electron chi connectivity index (χ1n) is 7.61. The molecule has 0 radical (unpaired) electrons. The molecule has 0 fully saturated rings. The van der Waals surface area contributed by atoms with E-state index in [4.69, 9.17) is 0 Å². The molecule has 0 aromatic heterocycles. The Balaban J connectivity index is 3.17. The molecule has 1 aromatic carbocycles. The van der Waals surface area contributed by atoms with E-state index >= 15 is 0 Å². The Hall–Kier alpha value is -1.45. The first-order chi connectivity index (χ1) is 11.4. The zero-order chi connectivity index (χ0) is 19.4. The van der Waals surface area contributed by atoms with Crippen LogP contribution in [-0.4, -0.2) is 50.3 Å². The van der Waals surface area contributed by atoms with Gasteiger partial charge in [0.1, 0.15) is 0 Å². The molecule has 0 atom stereocenters. The molecule has 1 amide bonds. The van der Waals surface area contributed by atoms with Crippen molar-refractivity contribution in [3.63, 3.8) is 0 Å². The van der Waals surface area contributed by atoms with E-state index in [1.807, 2.05) is 20.8 Å². The summed E-state index contributed by atoms with van der Waals surface area (Å²) in [6.07, 6.45) is 0. The molecule has 0 spiro atoms. The molecule has 0 heterocycles. The fraction of sp³-hybridized carbons (Fsp3) is 0.500. The van der Waals surface area contributed by atoms with Crippen LogP contribution in [0, 0.1) is 0 Å². The number of sulfonamides is 1. The fourth-order valence-electron chi connectivity index (χ4n) is 2.06. The van der Waals surface area contributed by atoms with Gasteiger partial charge in [-0.25, -0.2) is 13.2 Å². The van der Waals surface area contributed by atoms with Crippen LogP contribution in [0.3, 0.4) is 0 Å². The summed E-state index contributed by atoms with van der Waals surface area (Å²) in [6.45, 7) is 6.89. The highest BCUT2D eigenvalue weighted by molar-refractivity contribution is 9.10. The number of amides is 1. The summed E-state index contributed by atoms with van der Waals surface area (Å²) in [4.78, 5) is 23.8. The number of nitrogens with zero attached hydrogens (tertiary/aromatic N) is 1. The lowest BCUT2D eigenvalue weighted by molar-refractivity contribution is -0.122. The third kappa shape index (κ3) is 5.79. The highest BCUT2D eigenvalue weighted by atomic mass is 79.9. The van der Waals surface area contributed by atoms with Gasteiger partial charge in [-0.05, 0) is 54.9 Å². The molecule has 0 saturated heterocycles. The molecule has 0 aliphatic rings. The Bertz CT molecular complexity index is 756. The Labute approximate surface area is 156 Å². The second-order valence-electron chi connectivity index (χ2n) is 6.36. The first kappa shape index (κ1) is 21.6. The number of ether oxygens (including phenoxy) is 1. The van der Waals surface area contributed by atoms with Crippen molar-refractivity contribution in [2.75, 3.05) is 20.2 Å². The van der Waals surface area contributed by atoms with E-state index in [1.165, 1.54) is 25.3 Å². The average Bonchev–Trinajstić information content (AvgIpc) is 2.50. The van der Waals surface area contributed by atoms with Gasteiger partial charge in [-0.3, -0.25) is 4.79 Å². The van der Waals surface area contributed by atoms with Gasteiger partial charge in [0, 0.05) is 16.6 Å². The quantitative estimate of drug-likeness (QED) is 0.692. The molecule has 1 N–H and O–H groups in total. The van der Waals surface area contributed by atoms with Gasteiger partial charge < -0.3 is 10.1 Å². The Morgan fingerprint density at radius 1 is 1.28 bits per heavy atom. The van der Waals surface area contributed by atoms with Crippen LogP contribution in [-0.2, 0) is 19.6 Å². The highest BCUT2D eigenvalue weighted by Crippen LogP contribution is 2.24. The molecule has 7 nitrogen and oxygen atoms in total. The molecular formula is C16H23BrN2O5S. The summed E-state index contributed by atoms with van der Waals surface area (Å²) in [5.74, 6) is -1.05. The summed E-state index contributed by atoms with van der Waals surface area (Å²) in [6, 6.07) is 4.06. The van der Waals surface area contributed by atoms with Crippen molar-refractivity contribution < 1.29 is 22.7 Å². The molecule has 0 saturated carbocycles. The minimum Gasteiger partial charge on any atom is -0.465 e. The summed E-state index contributed by atoms with van der Waals surface area (Å²) in [5, 5.41) is 2.73. The molecule has 0 bridgehead atoms. The van der Waals surface area contributed by atoms with Crippen LogP contribution in [0.25, 0.3) is 0 Å². The Kier molecular flexibility index (Phi) is 7.16. The number of hydrogen-bond donors (Lipinski definition) is 1. The maximum Gasteiger partial charge on any atom is 0.339 e. The predicted octanol–water partition coefficient (Wildman–Crippen LogP) is 2.16. The summed E-state index contributed by atoms with van der Waals surface area (Å²) in [5.41, 5.74) is -0.366.